The van der Waals surface area contributed by atoms with Crippen LogP contribution in [0.5, 0.6) is 0 Å². The molecule has 0 bridgehead atoms. The second-order valence-electron chi connectivity index (χ2n) is 4.23. The van der Waals surface area contributed by atoms with E-state index in [4.69, 9.17) is 10.00 Å². The molecule has 0 spiro atoms. The van der Waals surface area contributed by atoms with Gasteiger partial charge in [-0.3, -0.25) is 9.59 Å². The van der Waals surface area contributed by atoms with E-state index >= 15 is 0 Å². The van der Waals surface area contributed by atoms with Crippen LogP contribution in [-0.4, -0.2) is 24.4 Å². The number of carbonyl (C=O) groups is 3. The third-order valence-corrected chi connectivity index (χ3v) is 2.94. The topological polar surface area (TPSA) is 87.5 Å². The Morgan fingerprint density at radius 2 is 2.00 bits per heavy atom. The standard InChI is InChI=1S/C15H12N2O4/c1-2-21-15(20)11-8-13(18)17(14(19)12(11)9-16)10-6-4-3-5-7-10/h3-7H,2,8H2,1H3. The van der Waals surface area contributed by atoms with Crippen molar-refractivity contribution in [2.24, 2.45) is 0 Å². The van der Waals surface area contributed by atoms with E-state index in [0.29, 0.717) is 5.69 Å². The van der Waals surface area contributed by atoms with Gasteiger partial charge in [0, 0.05) is 0 Å². The molecule has 2 amide bonds. The lowest BCUT2D eigenvalue weighted by molar-refractivity contribution is -0.140. The van der Waals surface area contributed by atoms with Crippen LogP contribution in [0.2, 0.25) is 0 Å². The Morgan fingerprint density at radius 1 is 1.33 bits per heavy atom. The molecule has 1 aliphatic heterocycles. The second kappa shape index (κ2) is 6.01. The number of rotatable bonds is 3. The van der Waals surface area contributed by atoms with Crippen LogP contribution in [0.4, 0.5) is 5.69 Å². The molecule has 0 N–H and O–H groups in total. The van der Waals surface area contributed by atoms with Gasteiger partial charge in [-0.1, -0.05) is 18.2 Å². The summed E-state index contributed by atoms with van der Waals surface area (Å²) in [5.74, 6) is -2.17. The van der Waals surface area contributed by atoms with Gasteiger partial charge < -0.3 is 4.74 Å². The molecular formula is C15H12N2O4. The molecule has 21 heavy (non-hydrogen) atoms. The molecule has 0 atom stereocenters. The van der Waals surface area contributed by atoms with Crippen LogP contribution in [0.3, 0.4) is 0 Å². The number of ether oxygens (including phenoxy) is 1. The normalized spacial score (nSPS) is 15.0. The molecule has 1 aliphatic rings. The van der Waals surface area contributed by atoms with Crippen LogP contribution in [0.25, 0.3) is 0 Å². The smallest absolute Gasteiger partial charge is 0.336 e. The highest BCUT2D eigenvalue weighted by molar-refractivity contribution is 6.28. The van der Waals surface area contributed by atoms with E-state index in [9.17, 15) is 14.4 Å². The van der Waals surface area contributed by atoms with Crippen LogP contribution in [-0.2, 0) is 19.1 Å². The summed E-state index contributed by atoms with van der Waals surface area (Å²) in [5.41, 5.74) is -0.165. The lowest BCUT2D eigenvalue weighted by Crippen LogP contribution is -2.43. The highest BCUT2D eigenvalue weighted by Crippen LogP contribution is 2.26. The fraction of sp³-hybridized carbons (Fsp3) is 0.200. The maximum absolute atomic E-state index is 12.3. The van der Waals surface area contributed by atoms with E-state index in [2.05, 4.69) is 0 Å². The molecule has 0 saturated carbocycles. The molecule has 0 fully saturated rings. The number of imide groups is 1. The van der Waals surface area contributed by atoms with Crippen LogP contribution >= 0.6 is 0 Å². The molecule has 0 saturated heterocycles. The number of anilines is 1. The molecule has 0 unspecified atom stereocenters. The number of amides is 2. The molecule has 0 aliphatic carbocycles. The maximum Gasteiger partial charge on any atom is 0.336 e. The summed E-state index contributed by atoms with van der Waals surface area (Å²) >= 11 is 0. The number of esters is 1. The number of para-hydroxylation sites is 1. The largest absolute Gasteiger partial charge is 0.463 e. The zero-order valence-corrected chi connectivity index (χ0v) is 11.3. The van der Waals surface area contributed by atoms with Crippen molar-refractivity contribution in [3.05, 3.63) is 41.5 Å². The number of carbonyl (C=O) groups excluding carboxylic acids is 3. The predicted octanol–water partition coefficient (Wildman–Crippen LogP) is 1.33. The summed E-state index contributed by atoms with van der Waals surface area (Å²) in [6.07, 6.45) is -0.331. The van der Waals surface area contributed by atoms with E-state index in [-0.39, 0.29) is 24.2 Å². The molecule has 0 radical (unpaired) electrons. The third kappa shape index (κ3) is 2.67. The Balaban J connectivity index is 2.46. The van der Waals surface area contributed by atoms with Crippen molar-refractivity contribution < 1.29 is 19.1 Å². The Morgan fingerprint density at radius 3 is 2.57 bits per heavy atom. The highest BCUT2D eigenvalue weighted by Gasteiger charge is 2.37. The lowest BCUT2D eigenvalue weighted by Gasteiger charge is -2.25. The summed E-state index contributed by atoms with van der Waals surface area (Å²) in [5, 5.41) is 9.13. The fourth-order valence-electron chi connectivity index (χ4n) is 2.02. The van der Waals surface area contributed by atoms with Gasteiger partial charge in [-0.15, -0.1) is 0 Å². The quantitative estimate of drug-likeness (QED) is 0.617. The number of hydrogen-bond acceptors (Lipinski definition) is 5. The second-order valence-corrected chi connectivity index (χ2v) is 4.23. The first-order valence-electron chi connectivity index (χ1n) is 6.32. The minimum absolute atomic E-state index is 0.103. The average molecular weight is 284 g/mol. The minimum atomic E-state index is -0.803. The van der Waals surface area contributed by atoms with Crippen molar-refractivity contribution in [3.8, 4) is 6.07 Å². The van der Waals surface area contributed by atoms with Crippen molar-refractivity contribution in [1.29, 1.82) is 5.26 Å². The van der Waals surface area contributed by atoms with Gasteiger partial charge in [0.15, 0.2) is 0 Å². The van der Waals surface area contributed by atoms with Crippen LogP contribution in [0, 0.1) is 11.3 Å². The lowest BCUT2D eigenvalue weighted by atomic mass is 9.99. The highest BCUT2D eigenvalue weighted by atomic mass is 16.5. The van der Waals surface area contributed by atoms with Gasteiger partial charge in [-0.05, 0) is 19.1 Å². The molecule has 106 valence electrons. The monoisotopic (exact) mass is 284 g/mol. The molecule has 6 nitrogen and oxygen atoms in total. The van der Waals surface area contributed by atoms with Gasteiger partial charge in [0.25, 0.3) is 5.91 Å². The summed E-state index contributed by atoms with van der Waals surface area (Å²) in [6.45, 7) is 1.71. The molecule has 1 aromatic carbocycles. The summed E-state index contributed by atoms with van der Waals surface area (Å²) < 4.78 is 4.78. The third-order valence-electron chi connectivity index (χ3n) is 2.94. The Hall–Kier alpha value is -2.94. The zero-order chi connectivity index (χ0) is 15.4. The van der Waals surface area contributed by atoms with Gasteiger partial charge in [-0.25, -0.2) is 9.69 Å². The number of benzene rings is 1. The first-order valence-corrected chi connectivity index (χ1v) is 6.32. The molecule has 2 rings (SSSR count). The van der Waals surface area contributed by atoms with Gasteiger partial charge in [-0.2, -0.15) is 5.26 Å². The number of nitriles is 1. The molecule has 6 heteroatoms. The van der Waals surface area contributed by atoms with Crippen LogP contribution < -0.4 is 4.90 Å². The summed E-state index contributed by atoms with van der Waals surface area (Å²) in [4.78, 5) is 37.1. The fourth-order valence-corrected chi connectivity index (χ4v) is 2.02. The van der Waals surface area contributed by atoms with Gasteiger partial charge in [0.1, 0.15) is 11.6 Å². The Kier molecular flexibility index (Phi) is 4.14. The van der Waals surface area contributed by atoms with E-state index < -0.39 is 17.8 Å². The van der Waals surface area contributed by atoms with Crippen molar-refractivity contribution in [2.75, 3.05) is 11.5 Å². The molecule has 1 aromatic rings. The first kappa shape index (κ1) is 14.5. The SMILES string of the molecule is CCOC(=O)C1=C(C#N)C(=O)N(c2ccccc2)C(=O)C1. The predicted molar refractivity (Wildman–Crippen MR) is 72.8 cm³/mol. The zero-order valence-electron chi connectivity index (χ0n) is 11.3. The average Bonchev–Trinajstić information content (AvgIpc) is 2.48. The van der Waals surface area contributed by atoms with Gasteiger partial charge in [0.05, 0.1) is 24.3 Å². The maximum atomic E-state index is 12.3. The Bertz CT molecular complexity index is 671. The number of hydrogen-bond donors (Lipinski definition) is 0. The molecular weight excluding hydrogens is 272 g/mol. The van der Waals surface area contributed by atoms with Crippen LogP contribution in [0.1, 0.15) is 13.3 Å². The van der Waals surface area contributed by atoms with Crippen molar-refractivity contribution >= 4 is 23.5 Å². The van der Waals surface area contributed by atoms with E-state index in [1.165, 1.54) is 0 Å². The van der Waals surface area contributed by atoms with Crippen molar-refractivity contribution in [1.82, 2.24) is 0 Å². The minimum Gasteiger partial charge on any atom is -0.463 e. The molecule has 1 heterocycles. The van der Waals surface area contributed by atoms with Gasteiger partial charge >= 0.3 is 5.97 Å². The Labute approximate surface area is 121 Å². The summed E-state index contributed by atoms with van der Waals surface area (Å²) in [6, 6.07) is 9.96. The van der Waals surface area contributed by atoms with Crippen molar-refractivity contribution in [2.45, 2.75) is 13.3 Å². The van der Waals surface area contributed by atoms with Crippen molar-refractivity contribution in [3.63, 3.8) is 0 Å². The van der Waals surface area contributed by atoms with Crippen LogP contribution in [0.15, 0.2) is 41.5 Å². The number of nitrogens with zero attached hydrogens (tertiary/aromatic N) is 2. The molecule has 0 aromatic heterocycles. The van der Waals surface area contributed by atoms with Gasteiger partial charge in [0.2, 0.25) is 5.91 Å². The van der Waals surface area contributed by atoms with E-state index in [1.54, 1.807) is 43.3 Å². The van der Waals surface area contributed by atoms with E-state index in [0.717, 1.165) is 4.90 Å². The first-order chi connectivity index (χ1) is 10.1. The summed E-state index contributed by atoms with van der Waals surface area (Å²) in [7, 11) is 0. The van der Waals surface area contributed by atoms with E-state index in [1.807, 2.05) is 0 Å².